The highest BCUT2D eigenvalue weighted by molar-refractivity contribution is 5.25. The van der Waals surface area contributed by atoms with Gasteiger partial charge in [0.15, 0.2) is 0 Å². The van der Waals surface area contributed by atoms with Crippen LogP contribution in [-0.4, -0.2) is 6.61 Å². The lowest BCUT2D eigenvalue weighted by atomic mass is 9.88. The molecule has 0 radical (unpaired) electrons. The van der Waals surface area contributed by atoms with Gasteiger partial charge in [-0.05, 0) is 13.0 Å². The van der Waals surface area contributed by atoms with E-state index in [0.717, 1.165) is 13.0 Å². The Morgan fingerprint density at radius 2 is 2.08 bits per heavy atom. The molecule has 1 heterocycles. The largest absolute Gasteiger partial charge is 0.370 e. The summed E-state index contributed by atoms with van der Waals surface area (Å²) in [4.78, 5) is 0. The van der Waals surface area contributed by atoms with Crippen molar-refractivity contribution in [3.8, 4) is 0 Å². The molecule has 1 aliphatic heterocycles. The average molecular weight is 166 g/mol. The molecule has 1 nitrogen and oxygen atoms in total. The van der Waals surface area contributed by atoms with Crippen LogP contribution in [0.1, 0.15) is 18.9 Å². The Morgan fingerprint density at radius 3 is 2.58 bits per heavy atom. The van der Waals surface area contributed by atoms with Crippen molar-refractivity contribution in [2.24, 2.45) is 0 Å². The summed E-state index contributed by atoms with van der Waals surface area (Å²) in [6.07, 6.45) is 0.911. The second-order valence-electron chi connectivity index (χ2n) is 3.31. The summed E-state index contributed by atoms with van der Waals surface area (Å²) < 4.78 is 18.6. The van der Waals surface area contributed by atoms with Gasteiger partial charge in [0.25, 0.3) is 0 Å². The number of benzene rings is 1. The molecule has 0 N–H and O–H groups in total. The summed E-state index contributed by atoms with van der Waals surface area (Å²) in [7, 11) is 0. The molecule has 0 aliphatic carbocycles. The predicted molar refractivity (Wildman–Crippen MR) is 44.3 cm³/mol. The van der Waals surface area contributed by atoms with E-state index in [1.165, 1.54) is 6.07 Å². The minimum Gasteiger partial charge on any atom is -0.370 e. The summed E-state index contributed by atoms with van der Waals surface area (Å²) in [5.41, 5.74) is 0.307. The van der Waals surface area contributed by atoms with Crippen molar-refractivity contribution in [2.45, 2.75) is 18.9 Å². The predicted octanol–water partition coefficient (Wildman–Crippen LogP) is 2.46. The van der Waals surface area contributed by atoms with Crippen molar-refractivity contribution in [2.75, 3.05) is 6.61 Å². The zero-order valence-corrected chi connectivity index (χ0v) is 7.01. The van der Waals surface area contributed by atoms with Crippen LogP contribution < -0.4 is 0 Å². The topological polar surface area (TPSA) is 9.23 Å². The standard InChI is InChI=1S/C10H11FO/c1-10(6-7-12-10)8-4-2-3-5-9(8)11/h2-5H,6-7H2,1H3. The van der Waals surface area contributed by atoms with Crippen molar-refractivity contribution in [3.63, 3.8) is 0 Å². The first kappa shape index (κ1) is 7.74. The van der Waals surface area contributed by atoms with Crippen molar-refractivity contribution in [3.05, 3.63) is 35.6 Å². The lowest BCUT2D eigenvalue weighted by Gasteiger charge is -2.39. The molecule has 12 heavy (non-hydrogen) atoms. The minimum atomic E-state index is -0.370. The van der Waals surface area contributed by atoms with Crippen LogP contribution in [0, 0.1) is 5.82 Å². The van der Waals surface area contributed by atoms with Gasteiger partial charge in [-0.15, -0.1) is 0 Å². The Bertz CT molecular complexity index is 292. The van der Waals surface area contributed by atoms with Gasteiger partial charge in [0.1, 0.15) is 5.82 Å². The number of rotatable bonds is 1. The van der Waals surface area contributed by atoms with Crippen molar-refractivity contribution in [1.29, 1.82) is 0 Å². The van der Waals surface area contributed by atoms with Crippen LogP contribution in [-0.2, 0) is 10.3 Å². The fraction of sp³-hybridized carbons (Fsp3) is 0.400. The van der Waals surface area contributed by atoms with E-state index >= 15 is 0 Å². The lowest BCUT2D eigenvalue weighted by molar-refractivity contribution is -0.142. The summed E-state index contributed by atoms with van der Waals surface area (Å²) in [5.74, 6) is -0.167. The molecule has 1 aromatic rings. The van der Waals surface area contributed by atoms with E-state index in [9.17, 15) is 4.39 Å². The Hall–Kier alpha value is -0.890. The molecule has 0 saturated carbocycles. The van der Waals surface area contributed by atoms with Gasteiger partial charge in [-0.1, -0.05) is 18.2 Å². The van der Waals surface area contributed by atoms with Crippen molar-refractivity contribution < 1.29 is 9.13 Å². The van der Waals surface area contributed by atoms with Gasteiger partial charge >= 0.3 is 0 Å². The smallest absolute Gasteiger partial charge is 0.129 e. The van der Waals surface area contributed by atoms with E-state index < -0.39 is 0 Å². The van der Waals surface area contributed by atoms with Gasteiger partial charge in [0.2, 0.25) is 0 Å². The van der Waals surface area contributed by atoms with Gasteiger partial charge in [-0.25, -0.2) is 4.39 Å². The zero-order chi connectivity index (χ0) is 8.60. The van der Waals surface area contributed by atoms with Crippen molar-refractivity contribution in [1.82, 2.24) is 0 Å². The monoisotopic (exact) mass is 166 g/mol. The van der Waals surface area contributed by atoms with Crippen LogP contribution in [0.15, 0.2) is 24.3 Å². The Labute approximate surface area is 71.2 Å². The Balaban J connectivity index is 2.39. The number of hydrogen-bond acceptors (Lipinski definition) is 1. The molecule has 1 fully saturated rings. The highest BCUT2D eigenvalue weighted by Gasteiger charge is 2.36. The fourth-order valence-corrected chi connectivity index (χ4v) is 1.51. The maximum atomic E-state index is 13.2. The van der Waals surface area contributed by atoms with E-state index in [1.54, 1.807) is 12.1 Å². The summed E-state index contributed by atoms with van der Waals surface area (Å²) in [6, 6.07) is 6.79. The number of ether oxygens (including phenoxy) is 1. The second-order valence-corrected chi connectivity index (χ2v) is 3.31. The van der Waals surface area contributed by atoms with E-state index in [4.69, 9.17) is 4.74 Å². The summed E-state index contributed by atoms with van der Waals surface area (Å²) in [5, 5.41) is 0. The van der Waals surface area contributed by atoms with Gasteiger partial charge in [-0.2, -0.15) is 0 Å². The van der Waals surface area contributed by atoms with Crippen LogP contribution >= 0.6 is 0 Å². The van der Waals surface area contributed by atoms with Gasteiger partial charge in [0, 0.05) is 12.0 Å². The zero-order valence-electron chi connectivity index (χ0n) is 7.01. The molecule has 1 unspecified atom stereocenters. The quantitative estimate of drug-likeness (QED) is 0.622. The molecule has 0 spiro atoms. The van der Waals surface area contributed by atoms with E-state index in [1.807, 2.05) is 13.0 Å². The molecular weight excluding hydrogens is 155 g/mol. The SMILES string of the molecule is CC1(c2ccccc2F)CCO1. The van der Waals surface area contributed by atoms with Crippen LogP contribution in [0.25, 0.3) is 0 Å². The van der Waals surface area contributed by atoms with Crippen molar-refractivity contribution >= 4 is 0 Å². The van der Waals surface area contributed by atoms with Crippen LogP contribution in [0.3, 0.4) is 0 Å². The highest BCUT2D eigenvalue weighted by atomic mass is 19.1. The van der Waals surface area contributed by atoms with Crippen LogP contribution in [0.5, 0.6) is 0 Å². The normalized spacial score (nSPS) is 28.2. The van der Waals surface area contributed by atoms with E-state index in [-0.39, 0.29) is 11.4 Å². The fourth-order valence-electron chi connectivity index (χ4n) is 1.51. The molecule has 0 amide bonds. The molecular formula is C10H11FO. The van der Waals surface area contributed by atoms with E-state index in [0.29, 0.717) is 5.56 Å². The molecule has 2 rings (SSSR count). The van der Waals surface area contributed by atoms with E-state index in [2.05, 4.69) is 0 Å². The maximum absolute atomic E-state index is 13.2. The number of halogens is 1. The molecule has 2 heteroatoms. The first-order chi connectivity index (χ1) is 5.72. The second kappa shape index (κ2) is 2.56. The molecule has 0 aromatic heterocycles. The third kappa shape index (κ3) is 1.03. The third-order valence-corrected chi connectivity index (χ3v) is 2.44. The minimum absolute atomic E-state index is 0.167. The molecule has 1 atom stereocenters. The average Bonchev–Trinajstić information content (AvgIpc) is 2.01. The molecule has 1 aliphatic rings. The molecule has 1 aromatic carbocycles. The Kier molecular flexibility index (Phi) is 1.65. The molecule has 1 saturated heterocycles. The van der Waals surface area contributed by atoms with Gasteiger partial charge < -0.3 is 4.74 Å². The molecule has 0 bridgehead atoms. The summed E-state index contributed by atoms with van der Waals surface area (Å²) in [6.45, 7) is 2.67. The summed E-state index contributed by atoms with van der Waals surface area (Å²) >= 11 is 0. The van der Waals surface area contributed by atoms with Crippen LogP contribution in [0.4, 0.5) is 4.39 Å². The van der Waals surface area contributed by atoms with Crippen LogP contribution in [0.2, 0.25) is 0 Å². The first-order valence-electron chi connectivity index (χ1n) is 4.11. The van der Waals surface area contributed by atoms with Gasteiger partial charge in [-0.3, -0.25) is 0 Å². The third-order valence-electron chi connectivity index (χ3n) is 2.44. The molecule has 64 valence electrons. The lowest BCUT2D eigenvalue weighted by Crippen LogP contribution is -2.38. The maximum Gasteiger partial charge on any atom is 0.129 e. The van der Waals surface area contributed by atoms with Gasteiger partial charge in [0.05, 0.1) is 12.2 Å². The first-order valence-corrected chi connectivity index (χ1v) is 4.11. The number of hydrogen-bond donors (Lipinski definition) is 0. The highest BCUT2D eigenvalue weighted by Crippen LogP contribution is 2.37. The Morgan fingerprint density at radius 1 is 1.42 bits per heavy atom.